The highest BCUT2D eigenvalue weighted by Gasteiger charge is 2.23. The summed E-state index contributed by atoms with van der Waals surface area (Å²) < 4.78 is 38.9. The summed E-state index contributed by atoms with van der Waals surface area (Å²) in [4.78, 5) is 0.0829. The molecule has 0 fully saturated rings. The summed E-state index contributed by atoms with van der Waals surface area (Å²) in [5.74, 6) is 0.477. The Hall–Kier alpha value is -2.54. The van der Waals surface area contributed by atoms with Gasteiger partial charge in [0.25, 0.3) is 10.0 Å². The molecule has 3 rings (SSSR count). The predicted molar refractivity (Wildman–Crippen MR) is 96.6 cm³/mol. The average Bonchev–Trinajstić information content (AvgIpc) is 3.03. The Bertz CT molecular complexity index is 1010. The molecule has 0 aliphatic heterocycles. The molecule has 0 saturated carbocycles. The summed E-state index contributed by atoms with van der Waals surface area (Å²) in [5.41, 5.74) is 2.41. The molecule has 0 spiro atoms. The van der Waals surface area contributed by atoms with Crippen LogP contribution in [0.25, 0.3) is 11.0 Å². The second kappa shape index (κ2) is 6.76. The third kappa shape index (κ3) is 3.19. The first-order valence-electron chi connectivity index (χ1n) is 8.07. The zero-order chi connectivity index (χ0) is 18.0. The molecule has 1 N–H and O–H groups in total. The van der Waals surface area contributed by atoms with Crippen molar-refractivity contribution in [1.29, 1.82) is 0 Å². The van der Waals surface area contributed by atoms with Gasteiger partial charge in [0.2, 0.25) is 0 Å². The zero-order valence-corrected chi connectivity index (χ0v) is 15.2. The van der Waals surface area contributed by atoms with Crippen molar-refractivity contribution < 1.29 is 17.7 Å². The lowest BCUT2D eigenvalue weighted by Crippen LogP contribution is -2.15. The number of hydrogen-bond donors (Lipinski definition) is 1. The number of nitrogens with one attached hydrogen (secondary N) is 1. The van der Waals surface area contributed by atoms with E-state index in [-0.39, 0.29) is 16.5 Å². The van der Waals surface area contributed by atoms with Gasteiger partial charge in [-0.25, -0.2) is 8.42 Å². The fraction of sp³-hybridized carbons (Fsp3) is 0.278. The van der Waals surface area contributed by atoms with Gasteiger partial charge in [0.05, 0.1) is 12.5 Å². The second-order valence-electron chi connectivity index (χ2n) is 5.62. The number of rotatable bonds is 6. The Morgan fingerprint density at radius 2 is 1.96 bits per heavy atom. The van der Waals surface area contributed by atoms with Gasteiger partial charge in [-0.1, -0.05) is 37.2 Å². The van der Waals surface area contributed by atoms with Gasteiger partial charge in [0.1, 0.15) is 10.6 Å². The van der Waals surface area contributed by atoms with Crippen molar-refractivity contribution in [3.8, 4) is 5.75 Å². The number of aromatic nitrogens is 1. The molecule has 0 unspecified atom stereocenters. The molecule has 6 nitrogen and oxygen atoms in total. The summed E-state index contributed by atoms with van der Waals surface area (Å²) in [6, 6.07) is 10.7. The van der Waals surface area contributed by atoms with E-state index in [0.717, 1.165) is 24.0 Å². The van der Waals surface area contributed by atoms with Crippen molar-refractivity contribution in [1.82, 2.24) is 5.16 Å². The molecule has 0 bridgehead atoms. The SMILES string of the molecule is CCc1ccc(OC)c(S(=O)(=O)Nc2noc3cccc(CC)c23)c1. The van der Waals surface area contributed by atoms with Gasteiger partial charge in [-0.2, -0.15) is 0 Å². The molecular weight excluding hydrogens is 340 g/mol. The number of benzene rings is 2. The normalized spacial score (nSPS) is 11.6. The van der Waals surface area contributed by atoms with Crippen LogP contribution in [-0.4, -0.2) is 20.7 Å². The minimum atomic E-state index is -3.87. The third-order valence-corrected chi connectivity index (χ3v) is 5.48. The number of anilines is 1. The molecule has 1 aromatic heterocycles. The van der Waals surface area contributed by atoms with Gasteiger partial charge in [-0.05, 0) is 42.2 Å². The van der Waals surface area contributed by atoms with E-state index in [1.807, 2.05) is 32.0 Å². The van der Waals surface area contributed by atoms with Crippen LogP contribution in [0.5, 0.6) is 5.75 Å². The first-order chi connectivity index (χ1) is 12.0. The van der Waals surface area contributed by atoms with Gasteiger partial charge >= 0.3 is 0 Å². The van der Waals surface area contributed by atoms with E-state index >= 15 is 0 Å². The van der Waals surface area contributed by atoms with E-state index in [0.29, 0.717) is 11.0 Å². The Morgan fingerprint density at radius 1 is 1.16 bits per heavy atom. The smallest absolute Gasteiger partial charge is 0.266 e. The quantitative estimate of drug-likeness (QED) is 0.724. The average molecular weight is 360 g/mol. The van der Waals surface area contributed by atoms with E-state index in [9.17, 15) is 8.42 Å². The topological polar surface area (TPSA) is 81.4 Å². The molecule has 0 saturated heterocycles. The molecule has 25 heavy (non-hydrogen) atoms. The van der Waals surface area contributed by atoms with Gasteiger partial charge in [0.15, 0.2) is 11.4 Å². The van der Waals surface area contributed by atoms with Crippen LogP contribution in [-0.2, 0) is 22.9 Å². The van der Waals surface area contributed by atoms with Crippen molar-refractivity contribution in [3.05, 3.63) is 47.5 Å². The van der Waals surface area contributed by atoms with Crippen molar-refractivity contribution >= 4 is 26.8 Å². The number of sulfonamides is 1. The maximum absolute atomic E-state index is 12.9. The van der Waals surface area contributed by atoms with E-state index in [2.05, 4.69) is 9.88 Å². The monoisotopic (exact) mass is 360 g/mol. The van der Waals surface area contributed by atoms with E-state index in [1.54, 1.807) is 18.2 Å². The molecule has 7 heteroatoms. The molecule has 0 atom stereocenters. The highest BCUT2D eigenvalue weighted by Crippen LogP contribution is 2.31. The molecule has 3 aromatic rings. The van der Waals surface area contributed by atoms with Gasteiger partial charge in [0, 0.05) is 0 Å². The second-order valence-corrected chi connectivity index (χ2v) is 7.27. The number of hydrogen-bond acceptors (Lipinski definition) is 5. The van der Waals surface area contributed by atoms with Gasteiger partial charge < -0.3 is 9.26 Å². The van der Waals surface area contributed by atoms with Crippen LogP contribution in [0.15, 0.2) is 45.8 Å². The number of aryl methyl sites for hydroxylation is 2. The largest absolute Gasteiger partial charge is 0.495 e. The molecule has 0 radical (unpaired) electrons. The van der Waals surface area contributed by atoms with Crippen molar-refractivity contribution in [2.24, 2.45) is 0 Å². The Kier molecular flexibility index (Phi) is 4.67. The fourth-order valence-electron chi connectivity index (χ4n) is 2.76. The van der Waals surface area contributed by atoms with Crippen molar-refractivity contribution in [2.75, 3.05) is 11.8 Å². The minimum absolute atomic E-state index is 0.0829. The maximum Gasteiger partial charge on any atom is 0.266 e. The summed E-state index contributed by atoms with van der Waals surface area (Å²) in [7, 11) is -2.43. The molecule has 0 aliphatic carbocycles. The number of fused-ring (bicyclic) bond motifs is 1. The summed E-state index contributed by atoms with van der Waals surface area (Å²) in [5, 5.41) is 4.59. The van der Waals surface area contributed by atoms with Crippen LogP contribution in [0.1, 0.15) is 25.0 Å². The molecule has 0 aliphatic rings. The van der Waals surface area contributed by atoms with E-state index < -0.39 is 10.0 Å². The lowest BCUT2D eigenvalue weighted by Gasteiger charge is -2.12. The Morgan fingerprint density at radius 3 is 2.64 bits per heavy atom. The lowest BCUT2D eigenvalue weighted by atomic mass is 10.1. The molecule has 0 amide bonds. The maximum atomic E-state index is 12.9. The van der Waals surface area contributed by atoms with Crippen LogP contribution in [0.3, 0.4) is 0 Å². The molecule has 132 valence electrons. The van der Waals surface area contributed by atoms with E-state index in [4.69, 9.17) is 9.26 Å². The lowest BCUT2D eigenvalue weighted by molar-refractivity contribution is 0.402. The van der Waals surface area contributed by atoms with Crippen LogP contribution in [0.2, 0.25) is 0 Å². The first-order valence-corrected chi connectivity index (χ1v) is 9.55. The molecule has 1 heterocycles. The van der Waals surface area contributed by atoms with Crippen LogP contribution in [0.4, 0.5) is 5.82 Å². The first kappa shape index (κ1) is 17.3. The molecular formula is C18H20N2O4S. The van der Waals surface area contributed by atoms with Gasteiger partial charge in [-0.3, -0.25) is 4.72 Å². The number of methoxy groups -OCH3 is 1. The zero-order valence-electron chi connectivity index (χ0n) is 14.4. The standard InChI is InChI=1S/C18H20N2O4S/c1-4-12-9-10-14(23-3)16(11-12)25(21,22)20-18-17-13(5-2)7-6-8-15(17)24-19-18/h6-11H,4-5H2,1-3H3,(H,19,20). The summed E-state index contributed by atoms with van der Waals surface area (Å²) >= 11 is 0. The van der Waals surface area contributed by atoms with Crippen molar-refractivity contribution in [3.63, 3.8) is 0 Å². The number of ether oxygens (including phenoxy) is 1. The Labute approximate surface area is 146 Å². The fourth-order valence-corrected chi connectivity index (χ4v) is 3.99. The highest BCUT2D eigenvalue weighted by molar-refractivity contribution is 7.92. The summed E-state index contributed by atoms with van der Waals surface area (Å²) in [6.45, 7) is 3.96. The van der Waals surface area contributed by atoms with Gasteiger partial charge in [-0.15, -0.1) is 0 Å². The Balaban J connectivity index is 2.09. The predicted octanol–water partition coefficient (Wildman–Crippen LogP) is 3.76. The number of nitrogens with zero attached hydrogens (tertiary/aromatic N) is 1. The van der Waals surface area contributed by atoms with Crippen LogP contribution >= 0.6 is 0 Å². The highest BCUT2D eigenvalue weighted by atomic mass is 32.2. The van der Waals surface area contributed by atoms with Crippen molar-refractivity contribution in [2.45, 2.75) is 31.6 Å². The van der Waals surface area contributed by atoms with Crippen LogP contribution in [0, 0.1) is 0 Å². The third-order valence-electron chi connectivity index (χ3n) is 4.12. The minimum Gasteiger partial charge on any atom is -0.495 e. The van der Waals surface area contributed by atoms with Crippen LogP contribution < -0.4 is 9.46 Å². The molecule has 2 aromatic carbocycles. The van der Waals surface area contributed by atoms with E-state index in [1.165, 1.54) is 7.11 Å². The summed E-state index contributed by atoms with van der Waals surface area (Å²) in [6.07, 6.45) is 1.46.